The smallest absolute Gasteiger partial charge is 0.252 e. The minimum absolute atomic E-state index is 0.313. The predicted octanol–water partition coefficient (Wildman–Crippen LogP) is 23.1. The standard InChI is InChI=1S/C79H141N3O9/c1-9-15-21-27-33-39-45-51-57-86-71-63-69(64-72(87-58-52-46-40-34-28-22-16-10-2)75(71)90-61-55-49-43-37-31-25-19-13-5)79(85)81-67(7)77(83)80-68(8)78(84)82-70-65-73(88-59-53-47-41-35-29-23-17-11-3)76(91-62-56-50-44-38-32-26-20-14-6)74(66-70)89-60-54-48-42-36-30-24-18-12-4/h63-68H,9-62H2,1-8H3,(H,80,83)(H,81,85)(H,82,84)/t67-,68-/m1/s1. The van der Waals surface area contributed by atoms with E-state index in [0.29, 0.717) is 85.4 Å². The summed E-state index contributed by atoms with van der Waals surface area (Å²) in [6.45, 7) is 19.9. The van der Waals surface area contributed by atoms with Crippen LogP contribution in [0.1, 0.15) is 374 Å². The monoisotopic (exact) mass is 1280 g/mol. The number of hydrogen-bond donors (Lipinski definition) is 3. The Morgan fingerprint density at radius 3 is 0.769 bits per heavy atom. The van der Waals surface area contributed by atoms with E-state index < -0.39 is 29.8 Å². The van der Waals surface area contributed by atoms with Crippen LogP contribution < -0.4 is 44.4 Å². The third-order valence-electron chi connectivity index (χ3n) is 17.6. The molecule has 0 unspecified atom stereocenters. The third-order valence-corrected chi connectivity index (χ3v) is 17.6. The second kappa shape index (κ2) is 59.4. The Morgan fingerprint density at radius 2 is 0.505 bits per heavy atom. The van der Waals surface area contributed by atoms with Crippen molar-refractivity contribution in [3.8, 4) is 34.5 Å². The average Bonchev–Trinajstić information content (AvgIpc) is 1.58. The number of unbranched alkanes of at least 4 members (excludes halogenated alkanes) is 42. The van der Waals surface area contributed by atoms with Crippen molar-refractivity contribution in [1.29, 1.82) is 0 Å². The minimum Gasteiger partial charge on any atom is -0.490 e. The van der Waals surface area contributed by atoms with Gasteiger partial charge in [0.05, 0.1) is 39.6 Å². The number of benzene rings is 2. The van der Waals surface area contributed by atoms with Crippen LogP contribution in [0.5, 0.6) is 34.5 Å². The van der Waals surface area contributed by atoms with Gasteiger partial charge < -0.3 is 44.4 Å². The highest BCUT2D eigenvalue weighted by atomic mass is 16.5. The molecular weight excluding hydrogens is 1130 g/mol. The highest BCUT2D eigenvalue weighted by Gasteiger charge is 2.26. The fourth-order valence-electron chi connectivity index (χ4n) is 11.6. The molecule has 0 fully saturated rings. The molecule has 12 heteroatoms. The van der Waals surface area contributed by atoms with Crippen LogP contribution in [0.3, 0.4) is 0 Å². The summed E-state index contributed by atoms with van der Waals surface area (Å²) >= 11 is 0. The van der Waals surface area contributed by atoms with Crippen molar-refractivity contribution >= 4 is 23.4 Å². The maximum absolute atomic E-state index is 14.4. The number of anilines is 1. The molecule has 2 aromatic carbocycles. The maximum Gasteiger partial charge on any atom is 0.252 e. The van der Waals surface area contributed by atoms with E-state index in [1.807, 2.05) is 12.1 Å². The van der Waals surface area contributed by atoms with E-state index in [9.17, 15) is 14.4 Å². The number of ether oxygens (including phenoxy) is 6. The van der Waals surface area contributed by atoms with Crippen LogP contribution >= 0.6 is 0 Å². The Hall–Kier alpha value is -4.35. The number of hydrogen-bond acceptors (Lipinski definition) is 9. The second-order valence-electron chi connectivity index (χ2n) is 26.5. The van der Waals surface area contributed by atoms with Gasteiger partial charge in [0.2, 0.25) is 23.3 Å². The zero-order valence-corrected chi connectivity index (χ0v) is 60.3. The lowest BCUT2D eigenvalue weighted by molar-refractivity contribution is -0.127. The first-order chi connectivity index (χ1) is 44.6. The van der Waals surface area contributed by atoms with Crippen molar-refractivity contribution in [1.82, 2.24) is 10.6 Å². The molecule has 0 aliphatic heterocycles. The van der Waals surface area contributed by atoms with Gasteiger partial charge in [0.1, 0.15) is 12.1 Å². The number of nitrogens with one attached hydrogen (secondary N) is 3. The van der Waals surface area contributed by atoms with Gasteiger partial charge in [-0.25, -0.2) is 0 Å². The van der Waals surface area contributed by atoms with E-state index in [4.69, 9.17) is 28.4 Å². The summed E-state index contributed by atoms with van der Waals surface area (Å²) in [5.74, 6) is 1.81. The van der Waals surface area contributed by atoms with Crippen molar-refractivity contribution in [3.63, 3.8) is 0 Å². The van der Waals surface area contributed by atoms with E-state index in [1.54, 1.807) is 26.0 Å². The molecule has 0 aliphatic carbocycles. The van der Waals surface area contributed by atoms with Crippen LogP contribution in [0.15, 0.2) is 24.3 Å². The van der Waals surface area contributed by atoms with E-state index in [1.165, 1.54) is 218 Å². The van der Waals surface area contributed by atoms with Gasteiger partial charge in [0, 0.05) is 23.4 Å². The molecule has 91 heavy (non-hydrogen) atoms. The summed E-state index contributed by atoms with van der Waals surface area (Å²) in [4.78, 5) is 42.5. The fourth-order valence-corrected chi connectivity index (χ4v) is 11.6. The molecule has 2 atom stereocenters. The normalized spacial score (nSPS) is 12.0. The van der Waals surface area contributed by atoms with E-state index in [-0.39, 0.29) is 0 Å². The van der Waals surface area contributed by atoms with E-state index >= 15 is 0 Å². The average molecular weight is 1280 g/mol. The van der Waals surface area contributed by atoms with Gasteiger partial charge in [-0.05, 0) is 64.5 Å². The van der Waals surface area contributed by atoms with Crippen LogP contribution in [0.2, 0.25) is 0 Å². The Morgan fingerprint density at radius 1 is 0.286 bits per heavy atom. The molecule has 0 aromatic heterocycles. The van der Waals surface area contributed by atoms with Crippen LogP contribution in [0.25, 0.3) is 0 Å². The quantitative estimate of drug-likeness (QED) is 0.0552. The SMILES string of the molecule is CCCCCCCCCCOc1cc(NC(=O)[C@@H](C)NC(=O)[C@@H](C)NC(=O)c2cc(OCCCCCCCCCC)c(OCCCCCCCCCC)c(OCCCCCCCCCC)c2)cc(OCCCCCCCCCC)c1OCCCCCCCCCC. The molecule has 2 rings (SSSR count). The van der Waals surface area contributed by atoms with Crippen molar-refractivity contribution < 1.29 is 42.8 Å². The lowest BCUT2D eigenvalue weighted by Gasteiger charge is -2.21. The van der Waals surface area contributed by atoms with E-state index in [0.717, 1.165) is 89.9 Å². The third kappa shape index (κ3) is 43.3. The Balaban J connectivity index is 2.37. The topological polar surface area (TPSA) is 143 Å². The summed E-state index contributed by atoms with van der Waals surface area (Å²) in [7, 11) is 0. The maximum atomic E-state index is 14.4. The van der Waals surface area contributed by atoms with Gasteiger partial charge in [-0.1, -0.05) is 311 Å². The van der Waals surface area contributed by atoms with Crippen molar-refractivity contribution in [2.45, 2.75) is 376 Å². The van der Waals surface area contributed by atoms with Gasteiger partial charge in [0.15, 0.2) is 23.0 Å². The Labute approximate surface area is 559 Å². The molecule has 2 aromatic rings. The highest BCUT2D eigenvalue weighted by Crippen LogP contribution is 2.42. The molecule has 0 aliphatic rings. The summed E-state index contributed by atoms with van der Waals surface area (Å²) in [5.41, 5.74) is 0.808. The van der Waals surface area contributed by atoms with Crippen molar-refractivity contribution in [2.75, 3.05) is 45.0 Å². The fraction of sp³-hybridized carbons (Fsp3) is 0.810. The van der Waals surface area contributed by atoms with Crippen LogP contribution in [0.4, 0.5) is 5.69 Å². The molecule has 3 N–H and O–H groups in total. The van der Waals surface area contributed by atoms with Gasteiger partial charge in [0.25, 0.3) is 5.91 Å². The van der Waals surface area contributed by atoms with Crippen LogP contribution in [-0.4, -0.2) is 69.4 Å². The van der Waals surface area contributed by atoms with Crippen LogP contribution in [0, 0.1) is 0 Å². The van der Waals surface area contributed by atoms with E-state index in [2.05, 4.69) is 57.5 Å². The molecule has 0 radical (unpaired) electrons. The van der Waals surface area contributed by atoms with Crippen molar-refractivity contribution in [3.05, 3.63) is 29.8 Å². The van der Waals surface area contributed by atoms with Crippen LogP contribution in [-0.2, 0) is 9.59 Å². The zero-order valence-electron chi connectivity index (χ0n) is 60.3. The zero-order chi connectivity index (χ0) is 65.9. The summed E-state index contributed by atoms with van der Waals surface area (Å²) < 4.78 is 39.4. The predicted molar refractivity (Wildman–Crippen MR) is 385 cm³/mol. The number of amides is 3. The minimum atomic E-state index is -0.978. The molecule has 526 valence electrons. The molecule has 0 spiro atoms. The highest BCUT2D eigenvalue weighted by molar-refractivity contribution is 6.01. The molecular formula is C79H141N3O9. The first kappa shape index (κ1) is 82.7. The molecule has 0 saturated carbocycles. The number of rotatable bonds is 66. The molecule has 12 nitrogen and oxygen atoms in total. The molecule has 0 saturated heterocycles. The number of carbonyl (C=O) groups excluding carboxylic acids is 3. The molecule has 0 bridgehead atoms. The molecule has 3 amide bonds. The Kier molecular flexibility index (Phi) is 54.0. The van der Waals surface area contributed by atoms with Crippen molar-refractivity contribution in [2.24, 2.45) is 0 Å². The van der Waals surface area contributed by atoms with Gasteiger partial charge >= 0.3 is 0 Å². The molecule has 0 heterocycles. The lowest BCUT2D eigenvalue weighted by Crippen LogP contribution is -2.50. The van der Waals surface area contributed by atoms with Gasteiger partial charge in [-0.3, -0.25) is 14.4 Å². The largest absolute Gasteiger partial charge is 0.490 e. The summed E-state index contributed by atoms with van der Waals surface area (Å²) in [5, 5.41) is 8.86. The Bertz CT molecular complexity index is 1960. The second-order valence-corrected chi connectivity index (χ2v) is 26.5. The first-order valence-electron chi connectivity index (χ1n) is 38.7. The summed E-state index contributed by atoms with van der Waals surface area (Å²) in [6, 6.07) is 5.22. The lowest BCUT2D eigenvalue weighted by atomic mass is 10.1. The first-order valence-corrected chi connectivity index (χ1v) is 38.7. The summed E-state index contributed by atoms with van der Waals surface area (Å²) in [6.07, 6.45) is 57.0. The van der Waals surface area contributed by atoms with Gasteiger partial charge in [-0.15, -0.1) is 0 Å². The number of carbonyl (C=O) groups is 3. The van der Waals surface area contributed by atoms with Gasteiger partial charge in [-0.2, -0.15) is 0 Å².